The van der Waals surface area contributed by atoms with Crippen molar-refractivity contribution in [2.24, 2.45) is 0 Å². The van der Waals surface area contributed by atoms with Crippen LogP contribution in [-0.2, 0) is 6.42 Å². The normalized spacial score (nSPS) is 10.5. The van der Waals surface area contributed by atoms with Crippen LogP contribution in [0.25, 0.3) is 11.3 Å². The van der Waals surface area contributed by atoms with E-state index >= 15 is 0 Å². The SMILES string of the molecule is O=c1cc(-c2ccc(Br)cc2)[nH]nc1Cc1ccccc1. The molecule has 4 heteroatoms. The summed E-state index contributed by atoms with van der Waals surface area (Å²) in [6.45, 7) is 0. The number of nitrogens with zero attached hydrogens (tertiary/aromatic N) is 1. The summed E-state index contributed by atoms with van der Waals surface area (Å²) in [6.07, 6.45) is 0.538. The minimum atomic E-state index is -0.0458. The largest absolute Gasteiger partial charge is 0.288 e. The Kier molecular flexibility index (Phi) is 3.97. The maximum atomic E-state index is 12.2. The second-order valence-corrected chi connectivity index (χ2v) is 5.68. The lowest BCUT2D eigenvalue weighted by Crippen LogP contribution is -2.13. The molecule has 104 valence electrons. The van der Waals surface area contributed by atoms with E-state index < -0.39 is 0 Å². The zero-order chi connectivity index (χ0) is 14.7. The smallest absolute Gasteiger partial charge is 0.204 e. The van der Waals surface area contributed by atoms with E-state index in [0.717, 1.165) is 21.3 Å². The monoisotopic (exact) mass is 340 g/mol. The number of halogens is 1. The van der Waals surface area contributed by atoms with Gasteiger partial charge >= 0.3 is 0 Å². The molecule has 2 aromatic carbocycles. The molecule has 0 amide bonds. The second kappa shape index (κ2) is 6.06. The maximum absolute atomic E-state index is 12.2. The first-order valence-electron chi connectivity index (χ1n) is 6.61. The Bertz CT molecular complexity index is 795. The average molecular weight is 341 g/mol. The predicted molar refractivity (Wildman–Crippen MR) is 87.2 cm³/mol. The van der Waals surface area contributed by atoms with E-state index in [4.69, 9.17) is 0 Å². The molecule has 0 bridgehead atoms. The highest BCUT2D eigenvalue weighted by Crippen LogP contribution is 2.18. The van der Waals surface area contributed by atoms with Gasteiger partial charge in [0.25, 0.3) is 0 Å². The van der Waals surface area contributed by atoms with Gasteiger partial charge in [0, 0.05) is 17.0 Å². The summed E-state index contributed by atoms with van der Waals surface area (Å²) in [7, 11) is 0. The van der Waals surface area contributed by atoms with E-state index in [0.29, 0.717) is 12.1 Å². The lowest BCUT2D eigenvalue weighted by Gasteiger charge is -2.04. The zero-order valence-electron chi connectivity index (χ0n) is 11.2. The number of H-pyrrole nitrogens is 1. The number of hydrogen-bond donors (Lipinski definition) is 1. The Balaban J connectivity index is 1.90. The Labute approximate surface area is 130 Å². The van der Waals surface area contributed by atoms with Crippen molar-refractivity contribution in [2.45, 2.75) is 6.42 Å². The average Bonchev–Trinajstić information content (AvgIpc) is 2.51. The number of nitrogens with one attached hydrogen (secondary N) is 1. The molecular formula is C17H13BrN2O. The molecule has 0 unspecified atom stereocenters. The molecule has 21 heavy (non-hydrogen) atoms. The van der Waals surface area contributed by atoms with Crippen molar-refractivity contribution in [3.05, 3.63) is 86.6 Å². The van der Waals surface area contributed by atoms with Crippen molar-refractivity contribution < 1.29 is 0 Å². The van der Waals surface area contributed by atoms with E-state index in [1.807, 2.05) is 54.6 Å². The molecule has 0 atom stereocenters. The van der Waals surface area contributed by atoms with Crippen molar-refractivity contribution in [1.82, 2.24) is 10.2 Å². The number of benzene rings is 2. The highest BCUT2D eigenvalue weighted by molar-refractivity contribution is 9.10. The summed E-state index contributed by atoms with van der Waals surface area (Å²) in [4.78, 5) is 12.2. The lowest BCUT2D eigenvalue weighted by molar-refractivity contribution is 0.926. The maximum Gasteiger partial charge on any atom is 0.204 e. The van der Waals surface area contributed by atoms with E-state index in [-0.39, 0.29) is 5.43 Å². The van der Waals surface area contributed by atoms with Gasteiger partial charge in [-0.15, -0.1) is 0 Å². The van der Waals surface area contributed by atoms with Crippen LogP contribution in [0.1, 0.15) is 11.3 Å². The first-order chi connectivity index (χ1) is 10.2. The lowest BCUT2D eigenvalue weighted by atomic mass is 10.1. The molecule has 0 radical (unpaired) electrons. The molecule has 0 saturated carbocycles. The molecular weight excluding hydrogens is 328 g/mol. The third kappa shape index (κ3) is 3.28. The third-order valence-corrected chi connectivity index (χ3v) is 3.77. The molecule has 1 aromatic heterocycles. The van der Waals surface area contributed by atoms with Gasteiger partial charge in [0.15, 0.2) is 0 Å². The standard InChI is InChI=1S/C17H13BrN2O/c18-14-8-6-13(7-9-14)15-11-17(21)16(20-19-15)10-12-4-2-1-3-5-12/h1-9,11H,10H2,(H,19,21). The van der Waals surface area contributed by atoms with Gasteiger partial charge in [-0.2, -0.15) is 5.10 Å². The van der Waals surface area contributed by atoms with Gasteiger partial charge in [0.1, 0.15) is 5.69 Å². The summed E-state index contributed by atoms with van der Waals surface area (Å²) >= 11 is 3.39. The summed E-state index contributed by atoms with van der Waals surface area (Å²) in [5.74, 6) is 0. The van der Waals surface area contributed by atoms with E-state index in [9.17, 15) is 4.79 Å². The molecule has 1 N–H and O–H groups in total. The fourth-order valence-corrected chi connectivity index (χ4v) is 2.39. The predicted octanol–water partition coefficient (Wildman–Crippen LogP) is 3.79. The Morgan fingerprint density at radius 3 is 2.38 bits per heavy atom. The first-order valence-corrected chi connectivity index (χ1v) is 7.40. The highest BCUT2D eigenvalue weighted by Gasteiger charge is 2.06. The van der Waals surface area contributed by atoms with Gasteiger partial charge in [-0.05, 0) is 23.3 Å². The molecule has 3 nitrogen and oxygen atoms in total. The van der Waals surface area contributed by atoms with Crippen molar-refractivity contribution >= 4 is 15.9 Å². The van der Waals surface area contributed by atoms with E-state index in [2.05, 4.69) is 26.1 Å². The Morgan fingerprint density at radius 2 is 1.71 bits per heavy atom. The van der Waals surface area contributed by atoms with Crippen LogP contribution in [0.5, 0.6) is 0 Å². The third-order valence-electron chi connectivity index (χ3n) is 3.24. The van der Waals surface area contributed by atoms with Gasteiger partial charge in [-0.1, -0.05) is 58.4 Å². The van der Waals surface area contributed by atoms with E-state index in [1.165, 1.54) is 0 Å². The summed E-state index contributed by atoms with van der Waals surface area (Å²) < 4.78 is 1.00. The Morgan fingerprint density at radius 1 is 1.00 bits per heavy atom. The van der Waals surface area contributed by atoms with Gasteiger partial charge in [0.05, 0.1) is 5.69 Å². The highest BCUT2D eigenvalue weighted by atomic mass is 79.9. The van der Waals surface area contributed by atoms with Crippen LogP contribution in [0, 0.1) is 0 Å². The summed E-state index contributed by atoms with van der Waals surface area (Å²) in [5, 5.41) is 7.19. The molecule has 3 rings (SSSR count). The number of hydrogen-bond acceptors (Lipinski definition) is 2. The van der Waals surface area contributed by atoms with Crippen molar-refractivity contribution in [3.8, 4) is 11.3 Å². The minimum Gasteiger partial charge on any atom is -0.288 e. The summed E-state index contributed by atoms with van der Waals surface area (Å²) in [5.41, 5.74) is 3.22. The molecule has 0 aliphatic carbocycles. The van der Waals surface area contributed by atoms with Crippen LogP contribution in [0.4, 0.5) is 0 Å². The van der Waals surface area contributed by atoms with Crippen LogP contribution in [0.3, 0.4) is 0 Å². The van der Waals surface area contributed by atoms with Crippen molar-refractivity contribution in [1.29, 1.82) is 0 Å². The van der Waals surface area contributed by atoms with Crippen LogP contribution >= 0.6 is 15.9 Å². The van der Waals surface area contributed by atoms with Gasteiger partial charge in [-0.25, -0.2) is 0 Å². The topological polar surface area (TPSA) is 45.8 Å². The van der Waals surface area contributed by atoms with Crippen LogP contribution in [-0.4, -0.2) is 10.2 Å². The molecule has 3 aromatic rings. The second-order valence-electron chi connectivity index (χ2n) is 4.76. The minimum absolute atomic E-state index is 0.0458. The molecule has 0 aliphatic heterocycles. The molecule has 0 spiro atoms. The van der Waals surface area contributed by atoms with Crippen LogP contribution in [0.2, 0.25) is 0 Å². The fraction of sp³-hybridized carbons (Fsp3) is 0.0588. The molecule has 0 aliphatic rings. The first kappa shape index (κ1) is 13.8. The number of aromatic amines is 1. The molecule has 0 fully saturated rings. The van der Waals surface area contributed by atoms with Gasteiger partial charge < -0.3 is 0 Å². The number of rotatable bonds is 3. The summed E-state index contributed by atoms with van der Waals surface area (Å²) in [6, 6.07) is 19.2. The van der Waals surface area contributed by atoms with Crippen molar-refractivity contribution in [2.75, 3.05) is 0 Å². The quantitative estimate of drug-likeness (QED) is 0.788. The Hall–Kier alpha value is -2.20. The van der Waals surface area contributed by atoms with Gasteiger partial charge in [0.2, 0.25) is 5.43 Å². The fourth-order valence-electron chi connectivity index (χ4n) is 2.12. The van der Waals surface area contributed by atoms with Crippen molar-refractivity contribution in [3.63, 3.8) is 0 Å². The number of aromatic nitrogens is 2. The molecule has 0 saturated heterocycles. The van der Waals surface area contributed by atoms with Crippen LogP contribution < -0.4 is 5.43 Å². The van der Waals surface area contributed by atoms with E-state index in [1.54, 1.807) is 6.07 Å². The van der Waals surface area contributed by atoms with Gasteiger partial charge in [-0.3, -0.25) is 9.89 Å². The van der Waals surface area contributed by atoms with Crippen LogP contribution in [0.15, 0.2) is 69.9 Å². The molecule has 1 heterocycles. The zero-order valence-corrected chi connectivity index (χ0v) is 12.8.